The summed E-state index contributed by atoms with van der Waals surface area (Å²) >= 11 is 0. The number of hydrogen-bond donors (Lipinski definition) is 4. The fraction of sp³-hybridized carbons (Fsp3) is 0.846. The van der Waals surface area contributed by atoms with E-state index < -0.39 is 81.4 Å². The second kappa shape index (κ2) is 22.2. The van der Waals surface area contributed by atoms with E-state index in [0.717, 1.165) is 19.3 Å². The van der Waals surface area contributed by atoms with Gasteiger partial charge in [-0.15, -0.1) is 0 Å². The first-order valence-corrected chi connectivity index (χ1v) is 21.1. The molecule has 1 unspecified atom stereocenters. The third-order valence-corrected chi connectivity index (χ3v) is 17.9. The van der Waals surface area contributed by atoms with Crippen LogP contribution < -0.4 is 18.9 Å². The number of nitriles is 4. The van der Waals surface area contributed by atoms with Crippen LogP contribution in [0.1, 0.15) is 103 Å². The lowest BCUT2D eigenvalue weighted by molar-refractivity contribution is 0.490. The molecule has 1 atom stereocenters. The maximum absolute atomic E-state index is 14.3. The summed E-state index contributed by atoms with van der Waals surface area (Å²) in [5.41, 5.74) is 0. The highest BCUT2D eigenvalue weighted by atomic mass is 32.3. The van der Waals surface area contributed by atoms with Gasteiger partial charge in [0, 0.05) is 51.9 Å². The van der Waals surface area contributed by atoms with Crippen molar-refractivity contribution in [3.05, 3.63) is 0 Å². The topological polar surface area (TPSA) is 280 Å². The maximum Gasteiger partial charge on any atom is 0.330 e. The Morgan fingerprint density at radius 1 is 0.500 bits per heavy atom. The summed E-state index contributed by atoms with van der Waals surface area (Å²) in [5, 5.41) is 32.9. The molecule has 0 aromatic carbocycles. The highest BCUT2D eigenvalue weighted by Gasteiger charge is 2.72. The minimum Gasteiger partial charge on any atom is -0.215 e. The zero-order valence-electron chi connectivity index (χ0n) is 26.2. The summed E-state index contributed by atoms with van der Waals surface area (Å²) in [6, 6.07) is 7.18. The Morgan fingerprint density at radius 3 is 1.17 bits per heavy atom. The molecule has 0 aliphatic carbocycles. The van der Waals surface area contributed by atoms with Crippen molar-refractivity contribution in [2.75, 3.05) is 26.2 Å². The van der Waals surface area contributed by atoms with Crippen LogP contribution >= 0.6 is 0 Å². The van der Waals surface area contributed by atoms with Crippen LogP contribution in [-0.2, 0) is 40.1 Å². The van der Waals surface area contributed by atoms with Gasteiger partial charge in [0.2, 0.25) is 10.0 Å². The average molecular weight is 727 g/mol. The normalized spacial score (nSPS) is 13.2. The van der Waals surface area contributed by atoms with Gasteiger partial charge in [-0.25, -0.2) is 52.6 Å². The zero-order chi connectivity index (χ0) is 35.2. The van der Waals surface area contributed by atoms with Gasteiger partial charge in [0.05, 0.1) is 24.3 Å². The number of sulfonamides is 4. The molecular weight excluding hydrogens is 681 g/mol. The van der Waals surface area contributed by atoms with E-state index in [1.54, 1.807) is 18.2 Å². The number of nitrogens with one attached hydrogen (secondary N) is 4. The Morgan fingerprint density at radius 2 is 0.826 bits per heavy atom. The Bertz CT molecular complexity index is 1400. The highest BCUT2D eigenvalue weighted by molar-refractivity contribution is 8.25. The summed E-state index contributed by atoms with van der Waals surface area (Å²) in [5.74, 6) is 0. The Kier molecular flexibility index (Phi) is 21.1. The van der Waals surface area contributed by atoms with Crippen molar-refractivity contribution in [2.24, 2.45) is 0 Å². The number of nitrogens with zero attached hydrogens (tertiary/aromatic N) is 4. The van der Waals surface area contributed by atoms with Gasteiger partial charge in [-0.05, 0) is 32.1 Å². The summed E-state index contributed by atoms with van der Waals surface area (Å²) in [6.07, 6.45) is 1.67. The number of hydrogen-bond acceptors (Lipinski definition) is 12. The lowest BCUT2D eigenvalue weighted by Crippen LogP contribution is -2.71. The molecule has 0 amide bonds. The van der Waals surface area contributed by atoms with Gasteiger partial charge in [-0.3, -0.25) is 0 Å². The van der Waals surface area contributed by atoms with Crippen molar-refractivity contribution >= 4 is 40.1 Å². The van der Waals surface area contributed by atoms with Crippen molar-refractivity contribution in [3.63, 3.8) is 0 Å². The standard InChI is InChI=1S/C26H46N8O8S4/c1-2-3-4-5-6-7-16-25(43(35,36)31-21-12-8-17-27)26(44(37,38)32-22-13-9-18-28,45(39,40)33-23-14-10-19-29)46(41,42)34-24-15-11-20-30/h25,31-34H,2-16,21-24H2,1H3. The van der Waals surface area contributed by atoms with Gasteiger partial charge in [0.15, 0.2) is 0 Å². The Hall–Kier alpha value is -2.40. The van der Waals surface area contributed by atoms with E-state index in [1.807, 2.05) is 27.2 Å². The number of unbranched alkanes of at least 4 members (excludes halogenated alkanes) is 9. The van der Waals surface area contributed by atoms with Crippen molar-refractivity contribution < 1.29 is 33.7 Å². The van der Waals surface area contributed by atoms with E-state index in [9.17, 15) is 33.7 Å². The highest BCUT2D eigenvalue weighted by Crippen LogP contribution is 2.39. The first-order chi connectivity index (χ1) is 21.7. The zero-order valence-corrected chi connectivity index (χ0v) is 29.5. The van der Waals surface area contributed by atoms with E-state index in [-0.39, 0.29) is 57.8 Å². The molecule has 4 N–H and O–H groups in total. The van der Waals surface area contributed by atoms with Crippen LogP contribution in [0, 0.1) is 45.3 Å². The molecule has 20 heteroatoms. The quantitative estimate of drug-likeness (QED) is 0.0838. The molecule has 16 nitrogen and oxygen atoms in total. The molecule has 0 bridgehead atoms. The summed E-state index contributed by atoms with van der Waals surface area (Å²) in [7, 11) is -22.2. The molecule has 0 spiro atoms. The minimum atomic E-state index is -5.70. The summed E-state index contributed by atoms with van der Waals surface area (Å²) in [6.45, 7) is -0.160. The predicted octanol–water partition coefficient (Wildman–Crippen LogP) is 1.65. The van der Waals surface area contributed by atoms with Crippen LogP contribution in [0.2, 0.25) is 0 Å². The first-order valence-electron chi connectivity index (χ1n) is 15.1. The molecule has 46 heavy (non-hydrogen) atoms. The van der Waals surface area contributed by atoms with Crippen LogP contribution in [0.25, 0.3) is 0 Å². The first kappa shape index (κ1) is 43.6. The second-order valence-corrected chi connectivity index (χ2v) is 18.9. The van der Waals surface area contributed by atoms with Gasteiger partial charge in [0.1, 0.15) is 5.25 Å². The third-order valence-electron chi connectivity index (χ3n) is 6.75. The van der Waals surface area contributed by atoms with Crippen molar-refractivity contribution in [1.82, 2.24) is 18.9 Å². The molecule has 0 aliphatic rings. The second-order valence-electron chi connectivity index (χ2n) is 10.3. The van der Waals surface area contributed by atoms with Gasteiger partial charge in [0.25, 0.3) is 30.1 Å². The Balaban J connectivity index is 7.65. The lowest BCUT2D eigenvalue weighted by Gasteiger charge is -2.38. The summed E-state index contributed by atoms with van der Waals surface area (Å²) < 4.78 is 117. The number of rotatable bonds is 28. The molecule has 0 saturated heterocycles. The van der Waals surface area contributed by atoms with Crippen LogP contribution in [0.5, 0.6) is 0 Å². The smallest absolute Gasteiger partial charge is 0.215 e. The minimum absolute atomic E-state index is 0.0239. The monoisotopic (exact) mass is 726 g/mol. The SMILES string of the molecule is CCCCCCCCC(C(S(=O)(=O)NCCCC#N)(S(=O)(=O)NCCCC#N)S(=O)(=O)NCCCC#N)S(=O)(=O)NCCCC#N. The maximum atomic E-state index is 14.3. The molecule has 0 aromatic rings. The molecule has 0 aromatic heterocycles. The van der Waals surface area contributed by atoms with Gasteiger partial charge in [-0.2, -0.15) is 21.0 Å². The average Bonchev–Trinajstić information content (AvgIpc) is 2.98. The van der Waals surface area contributed by atoms with Crippen molar-refractivity contribution in [1.29, 1.82) is 21.0 Å². The largest absolute Gasteiger partial charge is 0.330 e. The van der Waals surface area contributed by atoms with E-state index >= 15 is 0 Å². The molecular formula is C26H46N8O8S4. The van der Waals surface area contributed by atoms with Crippen molar-refractivity contribution in [3.8, 4) is 24.3 Å². The van der Waals surface area contributed by atoms with Gasteiger partial charge >= 0.3 is 3.41 Å². The van der Waals surface area contributed by atoms with E-state index in [0.29, 0.717) is 12.8 Å². The summed E-state index contributed by atoms with van der Waals surface area (Å²) in [4.78, 5) is 0. The van der Waals surface area contributed by atoms with Gasteiger partial charge < -0.3 is 0 Å². The molecule has 0 radical (unpaired) electrons. The van der Waals surface area contributed by atoms with Crippen LogP contribution in [-0.4, -0.2) is 68.5 Å². The third kappa shape index (κ3) is 13.0. The van der Waals surface area contributed by atoms with E-state index in [2.05, 4.69) is 4.72 Å². The fourth-order valence-corrected chi connectivity index (χ4v) is 16.0. The molecule has 0 heterocycles. The van der Waals surface area contributed by atoms with Gasteiger partial charge in [-0.1, -0.05) is 45.4 Å². The molecule has 262 valence electrons. The molecule has 0 saturated carbocycles. The van der Waals surface area contributed by atoms with E-state index in [1.165, 1.54) is 0 Å². The van der Waals surface area contributed by atoms with Crippen LogP contribution in [0.3, 0.4) is 0 Å². The fourth-order valence-electron chi connectivity index (χ4n) is 4.49. The molecule has 0 aliphatic heterocycles. The molecule has 0 fully saturated rings. The van der Waals surface area contributed by atoms with Crippen LogP contribution in [0.4, 0.5) is 0 Å². The molecule has 0 rings (SSSR count). The lowest BCUT2D eigenvalue weighted by atomic mass is 10.1. The Labute approximate surface area is 275 Å². The van der Waals surface area contributed by atoms with E-state index in [4.69, 9.17) is 21.0 Å². The predicted molar refractivity (Wildman–Crippen MR) is 172 cm³/mol. The van der Waals surface area contributed by atoms with Crippen LogP contribution in [0.15, 0.2) is 0 Å². The van der Waals surface area contributed by atoms with Crippen molar-refractivity contribution in [2.45, 2.75) is 112 Å².